The molecule has 0 saturated carbocycles. The van der Waals surface area contributed by atoms with E-state index in [2.05, 4.69) is 56.7 Å². The van der Waals surface area contributed by atoms with E-state index in [1.165, 1.54) is 0 Å². The summed E-state index contributed by atoms with van der Waals surface area (Å²) in [6.45, 7) is 16.2. The number of carbonyl (C=O) groups is 1. The molecule has 1 amide bonds. The van der Waals surface area contributed by atoms with Gasteiger partial charge >= 0.3 is 0 Å². The van der Waals surface area contributed by atoms with E-state index in [-0.39, 0.29) is 23.0 Å². The highest BCUT2D eigenvalue weighted by atomic mass is 32.1. The number of aromatic nitrogens is 1. The Morgan fingerprint density at radius 1 is 1.19 bits per heavy atom. The molecule has 0 unspecified atom stereocenters. The summed E-state index contributed by atoms with van der Waals surface area (Å²) in [4.78, 5) is 21.1. The number of nitrogens with one attached hydrogen (secondary N) is 1. The molecule has 0 aromatic carbocycles. The summed E-state index contributed by atoms with van der Waals surface area (Å²) < 4.78 is 0. The molecule has 26 heavy (non-hydrogen) atoms. The van der Waals surface area contributed by atoms with Gasteiger partial charge in [0, 0.05) is 23.7 Å². The van der Waals surface area contributed by atoms with E-state index in [4.69, 9.17) is 0 Å². The Morgan fingerprint density at radius 3 is 2.35 bits per heavy atom. The number of amides is 1. The number of unbranched alkanes of at least 4 members (excludes halogenated alkanes) is 1. The first-order valence-electron chi connectivity index (χ1n) is 10.1. The summed E-state index contributed by atoms with van der Waals surface area (Å²) in [5.41, 5.74) is 0.970. The van der Waals surface area contributed by atoms with Crippen LogP contribution in [0.1, 0.15) is 94.0 Å². The van der Waals surface area contributed by atoms with E-state index in [0.29, 0.717) is 0 Å². The summed E-state index contributed by atoms with van der Waals surface area (Å²) in [5.74, 6) is 0.189. The van der Waals surface area contributed by atoms with Crippen LogP contribution in [0.2, 0.25) is 0 Å². The zero-order valence-corrected chi connectivity index (χ0v) is 18.6. The highest BCUT2D eigenvalue weighted by molar-refractivity contribution is 7.13. The molecule has 148 valence electrons. The fourth-order valence-electron chi connectivity index (χ4n) is 4.37. The lowest BCUT2D eigenvalue weighted by Crippen LogP contribution is -2.62. The van der Waals surface area contributed by atoms with E-state index < -0.39 is 0 Å². The average Bonchev–Trinajstić information content (AvgIpc) is 2.85. The summed E-state index contributed by atoms with van der Waals surface area (Å²) in [6.07, 6.45) is 6.16. The monoisotopic (exact) mass is 379 g/mol. The third-order valence-electron chi connectivity index (χ3n) is 5.12. The van der Waals surface area contributed by atoms with Crippen molar-refractivity contribution in [2.45, 2.75) is 104 Å². The Labute approximate surface area is 163 Å². The second kappa shape index (κ2) is 8.39. The lowest BCUT2D eigenvalue weighted by atomic mass is 9.79. The highest BCUT2D eigenvalue weighted by Gasteiger charge is 2.41. The second-order valence-electron chi connectivity index (χ2n) is 9.08. The largest absolute Gasteiger partial charge is 0.335 e. The third-order valence-corrected chi connectivity index (χ3v) is 6.33. The number of thiazole rings is 1. The summed E-state index contributed by atoms with van der Waals surface area (Å²) in [5, 5.41) is 4.83. The third kappa shape index (κ3) is 5.29. The van der Waals surface area contributed by atoms with Gasteiger partial charge in [-0.1, -0.05) is 20.3 Å². The van der Waals surface area contributed by atoms with Gasteiger partial charge in [0.25, 0.3) is 5.91 Å². The average molecular weight is 380 g/mol. The summed E-state index contributed by atoms with van der Waals surface area (Å²) >= 11 is 1.60. The quantitative estimate of drug-likeness (QED) is 0.728. The van der Waals surface area contributed by atoms with Crippen molar-refractivity contribution in [2.24, 2.45) is 0 Å². The van der Waals surface area contributed by atoms with Crippen LogP contribution in [0.25, 0.3) is 0 Å². The number of hydrogen-bond donors (Lipinski definition) is 1. The number of rotatable bonds is 7. The van der Waals surface area contributed by atoms with Crippen molar-refractivity contribution in [2.75, 3.05) is 6.54 Å². The molecule has 0 bridgehead atoms. The van der Waals surface area contributed by atoms with Crippen LogP contribution in [0.5, 0.6) is 0 Å². The van der Waals surface area contributed by atoms with Gasteiger partial charge in [0.15, 0.2) is 0 Å². The van der Waals surface area contributed by atoms with Gasteiger partial charge in [0.2, 0.25) is 0 Å². The smallest absolute Gasteiger partial charge is 0.266 e. The van der Waals surface area contributed by atoms with Gasteiger partial charge in [-0.25, -0.2) is 4.98 Å². The van der Waals surface area contributed by atoms with Crippen LogP contribution in [-0.2, 0) is 6.42 Å². The predicted molar refractivity (Wildman–Crippen MR) is 111 cm³/mol. The molecule has 0 aliphatic carbocycles. The molecule has 0 atom stereocenters. The van der Waals surface area contributed by atoms with Crippen molar-refractivity contribution in [3.63, 3.8) is 0 Å². The Balaban J connectivity index is 2.30. The number of carbonyl (C=O) groups excluding carboxylic acids is 1. The molecule has 0 spiro atoms. The Hall–Kier alpha value is -0.940. The zero-order chi connectivity index (χ0) is 19.5. The van der Waals surface area contributed by atoms with Crippen molar-refractivity contribution in [1.29, 1.82) is 0 Å². The molecule has 2 rings (SSSR count). The van der Waals surface area contributed by atoms with Crippen molar-refractivity contribution in [3.8, 4) is 0 Å². The number of piperidine rings is 1. The molecule has 2 heterocycles. The minimum atomic E-state index is 0.0350. The fraction of sp³-hybridized carbons (Fsp3) is 0.810. The molecule has 1 aromatic rings. The SMILES string of the molecule is CCCCN(C(=O)c1sc(CCC)nc1C)C1CC(C)(C)NC(C)(C)C1. The molecular weight excluding hydrogens is 342 g/mol. The maximum absolute atomic E-state index is 13.5. The number of hydrogen-bond acceptors (Lipinski definition) is 4. The van der Waals surface area contributed by atoms with E-state index in [9.17, 15) is 4.79 Å². The molecule has 1 saturated heterocycles. The van der Waals surface area contributed by atoms with Crippen molar-refractivity contribution < 1.29 is 4.79 Å². The van der Waals surface area contributed by atoms with Crippen LogP contribution in [0.3, 0.4) is 0 Å². The van der Waals surface area contributed by atoms with Crippen molar-refractivity contribution in [1.82, 2.24) is 15.2 Å². The molecule has 4 nitrogen and oxygen atoms in total. The minimum absolute atomic E-state index is 0.0350. The van der Waals surface area contributed by atoms with Gasteiger partial charge in [-0.3, -0.25) is 4.79 Å². The van der Waals surface area contributed by atoms with Gasteiger partial charge in [-0.2, -0.15) is 0 Å². The standard InChI is InChI=1S/C21H37N3OS/c1-8-10-12-24(16-13-20(4,5)23-21(6,7)14-16)19(25)18-15(3)22-17(26-18)11-9-2/h16,23H,8-14H2,1-7H3. The van der Waals surface area contributed by atoms with Gasteiger partial charge in [-0.15, -0.1) is 11.3 Å². The summed E-state index contributed by atoms with van der Waals surface area (Å²) in [6, 6.07) is 0.274. The lowest BCUT2D eigenvalue weighted by molar-refractivity contribution is 0.0445. The highest BCUT2D eigenvalue weighted by Crippen LogP contribution is 2.33. The van der Waals surface area contributed by atoms with Gasteiger partial charge in [0.1, 0.15) is 4.88 Å². The molecule has 1 N–H and O–H groups in total. The van der Waals surface area contributed by atoms with Crippen LogP contribution in [0.4, 0.5) is 0 Å². The maximum atomic E-state index is 13.5. The Bertz CT molecular complexity index is 605. The topological polar surface area (TPSA) is 45.2 Å². The summed E-state index contributed by atoms with van der Waals surface area (Å²) in [7, 11) is 0. The van der Waals surface area contributed by atoms with E-state index in [0.717, 1.165) is 60.6 Å². The van der Waals surface area contributed by atoms with E-state index in [1.54, 1.807) is 11.3 Å². The van der Waals surface area contributed by atoms with Crippen LogP contribution in [0.15, 0.2) is 0 Å². The van der Waals surface area contributed by atoms with Crippen molar-refractivity contribution in [3.05, 3.63) is 15.6 Å². The van der Waals surface area contributed by atoms with Gasteiger partial charge < -0.3 is 10.2 Å². The normalized spacial score (nSPS) is 19.5. The van der Waals surface area contributed by atoms with E-state index >= 15 is 0 Å². The number of aryl methyl sites for hydroxylation is 2. The van der Waals surface area contributed by atoms with Gasteiger partial charge in [0.05, 0.1) is 10.7 Å². The molecule has 1 aliphatic heterocycles. The zero-order valence-electron chi connectivity index (χ0n) is 17.7. The first-order valence-corrected chi connectivity index (χ1v) is 11.0. The molecule has 1 aromatic heterocycles. The molecular formula is C21H37N3OS. The maximum Gasteiger partial charge on any atom is 0.266 e. The van der Waals surface area contributed by atoms with Crippen LogP contribution in [-0.4, -0.2) is 39.5 Å². The first kappa shape index (κ1) is 21.4. The van der Waals surface area contributed by atoms with Crippen molar-refractivity contribution >= 4 is 17.2 Å². The minimum Gasteiger partial charge on any atom is -0.335 e. The number of nitrogens with zero attached hydrogens (tertiary/aromatic N) is 2. The molecule has 0 radical (unpaired) electrons. The van der Waals surface area contributed by atoms with Crippen LogP contribution < -0.4 is 5.32 Å². The second-order valence-corrected chi connectivity index (χ2v) is 10.2. The lowest BCUT2D eigenvalue weighted by Gasteiger charge is -2.49. The fourth-order valence-corrected chi connectivity index (χ4v) is 5.49. The van der Waals surface area contributed by atoms with Gasteiger partial charge in [-0.05, 0) is 66.7 Å². The predicted octanol–water partition coefficient (Wildman–Crippen LogP) is 4.96. The van der Waals surface area contributed by atoms with Crippen LogP contribution in [0, 0.1) is 6.92 Å². The first-order chi connectivity index (χ1) is 12.1. The molecule has 1 fully saturated rings. The Morgan fingerprint density at radius 2 is 1.81 bits per heavy atom. The van der Waals surface area contributed by atoms with E-state index in [1.807, 2.05) is 6.92 Å². The Kier molecular flexibility index (Phi) is 6.89. The molecule has 5 heteroatoms. The van der Waals surface area contributed by atoms with Crippen LogP contribution >= 0.6 is 11.3 Å². The molecule has 1 aliphatic rings.